The molecule has 0 N–H and O–H groups in total. The first-order valence-corrected chi connectivity index (χ1v) is 18.9. The molecule has 0 bridgehead atoms. The zero-order valence-corrected chi connectivity index (χ0v) is 26.8. The number of nitrogens with zero attached hydrogens (tertiary/aromatic N) is 1. The largest absolute Gasteiger partial charge is 0.297 e. The van der Waals surface area contributed by atoms with Crippen LogP contribution < -0.4 is 0 Å². The summed E-state index contributed by atoms with van der Waals surface area (Å²) in [6.45, 7) is 1.10. The van der Waals surface area contributed by atoms with Crippen LogP contribution in [0.4, 0.5) is 0 Å². The van der Waals surface area contributed by atoms with Gasteiger partial charge >= 0.3 is 0 Å². The summed E-state index contributed by atoms with van der Waals surface area (Å²) in [7, 11) is 2.43. The second kappa shape index (κ2) is 5.60. The van der Waals surface area contributed by atoms with Gasteiger partial charge in [-0.05, 0) is 196 Å². The zero-order chi connectivity index (χ0) is 29.7. The van der Waals surface area contributed by atoms with E-state index in [1.54, 1.807) is 152 Å². The highest BCUT2D eigenvalue weighted by Crippen LogP contribution is 2.73. The van der Waals surface area contributed by atoms with Crippen LogP contribution in [0.25, 0.3) is 113 Å². The second-order valence-electron chi connectivity index (χ2n) is 17.1. The van der Waals surface area contributed by atoms with Crippen LogP contribution in [0.3, 0.4) is 0 Å². The topological polar surface area (TPSA) is 3.24 Å². The minimum absolute atomic E-state index is 0.00457. The first-order chi connectivity index (χ1) is 23.7. The van der Waals surface area contributed by atoms with Crippen molar-refractivity contribution in [1.29, 1.82) is 0 Å². The van der Waals surface area contributed by atoms with Gasteiger partial charge in [0.25, 0.3) is 0 Å². The highest BCUT2D eigenvalue weighted by molar-refractivity contribution is 7.10. The lowest BCUT2D eigenvalue weighted by Crippen LogP contribution is -2.33. The molecule has 1 fully saturated rings. The van der Waals surface area contributed by atoms with Crippen molar-refractivity contribution in [1.82, 2.24) is 4.90 Å². The lowest BCUT2D eigenvalue weighted by Gasteiger charge is -2.38. The fourth-order valence-electron chi connectivity index (χ4n) is 14.9. The fourth-order valence-corrected chi connectivity index (χ4v) is 15.9. The third-order valence-corrected chi connectivity index (χ3v) is 16.6. The van der Waals surface area contributed by atoms with Crippen LogP contribution in [0.2, 0.25) is 0 Å². The average Bonchev–Trinajstić information content (AvgIpc) is 3.92. The van der Waals surface area contributed by atoms with E-state index in [0.717, 1.165) is 25.8 Å². The molecule has 2 heterocycles. The number of hydrogen-bond donors (Lipinski definition) is 0. The summed E-state index contributed by atoms with van der Waals surface area (Å²) in [5, 5.41) is 34.9. The van der Waals surface area contributed by atoms with Crippen molar-refractivity contribution in [2.75, 3.05) is 13.6 Å². The highest BCUT2D eigenvalue weighted by Gasteiger charge is 2.60. The van der Waals surface area contributed by atoms with Crippen LogP contribution in [0.15, 0.2) is 47.9 Å². The van der Waals surface area contributed by atoms with Crippen LogP contribution in [-0.2, 0) is 24.7 Å². The van der Waals surface area contributed by atoms with E-state index in [0.29, 0.717) is 12.0 Å². The van der Waals surface area contributed by atoms with Crippen molar-refractivity contribution in [2.24, 2.45) is 0 Å². The fraction of sp³-hybridized carbons (Fsp3) is 0.174. The van der Waals surface area contributed by atoms with Gasteiger partial charge < -0.3 is 0 Å². The van der Waals surface area contributed by atoms with E-state index < -0.39 is 0 Å². The van der Waals surface area contributed by atoms with Gasteiger partial charge in [-0.2, -0.15) is 0 Å². The molecule has 1 spiro atoms. The Morgan fingerprint density at radius 3 is 1.92 bits per heavy atom. The standard InChI is InChI=1S/C46H21NS/c1-47-13-46-12-20-10-18-8-15-5-14-6-17-7-16-9-19-11-21(43(46)45(47)22-3-2-4-48-22)30-35-26(19)25(16)32-27(17)31-23(14)24(15)33-28(18)34-29(20)44(46)42(30)41-39(34)37(33)36(31)38(32)40(35)41/h2-4,6,8-9,11-12,43,45H,5,7,10,13H2,1H3. The van der Waals surface area contributed by atoms with Gasteiger partial charge in [-0.3, -0.25) is 4.90 Å². The van der Waals surface area contributed by atoms with Gasteiger partial charge in [0.1, 0.15) is 0 Å². The van der Waals surface area contributed by atoms with E-state index in [-0.39, 0.29) is 5.41 Å². The van der Waals surface area contributed by atoms with E-state index in [1.165, 1.54) is 10.3 Å². The molecule has 18 rings (SSSR count). The van der Waals surface area contributed by atoms with Crippen molar-refractivity contribution in [3.05, 3.63) is 97.2 Å². The van der Waals surface area contributed by atoms with E-state index in [9.17, 15) is 0 Å². The molecule has 5 aliphatic carbocycles. The molecule has 6 aliphatic rings. The second-order valence-corrected chi connectivity index (χ2v) is 18.1. The van der Waals surface area contributed by atoms with Gasteiger partial charge in [0.2, 0.25) is 0 Å². The van der Waals surface area contributed by atoms with Crippen LogP contribution in [0, 0.1) is 0 Å². The normalized spacial score (nSPS) is 25.0. The van der Waals surface area contributed by atoms with Crippen molar-refractivity contribution >= 4 is 125 Å². The monoisotopic (exact) mass is 619 g/mol. The smallest absolute Gasteiger partial charge is 0.0519 e. The summed E-state index contributed by atoms with van der Waals surface area (Å²) in [5.74, 6) is 0.417. The molecule has 0 saturated carbocycles. The van der Waals surface area contributed by atoms with Crippen molar-refractivity contribution < 1.29 is 0 Å². The Morgan fingerprint density at radius 1 is 0.604 bits per heavy atom. The summed E-state index contributed by atoms with van der Waals surface area (Å²) in [5.41, 5.74) is 14.7. The summed E-state index contributed by atoms with van der Waals surface area (Å²) in [6.07, 6.45) is 6.13. The summed E-state index contributed by atoms with van der Waals surface area (Å²) in [4.78, 5) is 4.28. The molecule has 0 amide bonds. The Labute approximate surface area is 275 Å². The third-order valence-electron chi connectivity index (χ3n) is 15.7. The third kappa shape index (κ3) is 1.54. The molecule has 2 heteroatoms. The van der Waals surface area contributed by atoms with Gasteiger partial charge in [-0.25, -0.2) is 0 Å². The molecule has 11 aromatic carbocycles. The van der Waals surface area contributed by atoms with Crippen LogP contribution in [-0.4, -0.2) is 18.5 Å². The van der Waals surface area contributed by atoms with Gasteiger partial charge in [-0.15, -0.1) is 11.3 Å². The van der Waals surface area contributed by atoms with Gasteiger partial charge in [-0.1, -0.05) is 36.4 Å². The predicted molar refractivity (Wildman–Crippen MR) is 201 cm³/mol. The Bertz CT molecular complexity index is 3690. The number of benzene rings is 7. The minimum Gasteiger partial charge on any atom is -0.297 e. The maximum Gasteiger partial charge on any atom is 0.0519 e. The molecule has 1 nitrogen and oxygen atoms in total. The maximum atomic E-state index is 2.86. The Hall–Kier alpha value is -4.76. The summed E-state index contributed by atoms with van der Waals surface area (Å²) >= 11 is 1.97. The zero-order valence-electron chi connectivity index (χ0n) is 26.0. The number of rotatable bonds is 1. The Balaban J connectivity index is 1.29. The molecule has 3 unspecified atom stereocenters. The van der Waals surface area contributed by atoms with Crippen molar-refractivity contribution in [2.45, 2.75) is 36.6 Å². The Kier molecular flexibility index (Phi) is 2.48. The Morgan fingerprint density at radius 2 is 1.19 bits per heavy atom. The molecule has 1 saturated heterocycles. The summed E-state index contributed by atoms with van der Waals surface area (Å²) < 4.78 is 0. The quantitative estimate of drug-likeness (QED) is 0.165. The molecule has 3 atom stereocenters. The number of likely N-dealkylation sites (N-methyl/N-ethyl adjacent to an activating group) is 1. The molecular weight excluding hydrogens is 599 g/mol. The van der Waals surface area contributed by atoms with E-state index in [1.807, 2.05) is 11.3 Å². The number of fused-ring (bicyclic) bond motifs is 1. The lowest BCUT2D eigenvalue weighted by molar-refractivity contribution is 0.308. The van der Waals surface area contributed by atoms with E-state index >= 15 is 0 Å². The molecular formula is C46H21NS. The first kappa shape index (κ1) is 21.3. The number of allylic oxidation sites excluding steroid dienone is 1. The predicted octanol–water partition coefficient (Wildman–Crippen LogP) is 11.1. The average molecular weight is 620 g/mol. The van der Waals surface area contributed by atoms with E-state index in [2.05, 4.69) is 59.8 Å². The number of hydrogen-bond acceptors (Lipinski definition) is 2. The van der Waals surface area contributed by atoms with Crippen LogP contribution >= 0.6 is 11.3 Å². The SMILES string of the molecule is CN1CC23C=C4Cc5cc6c7c8c(cc9c%10c8c8c%11c7c5c5c4c2c2c4c(cc7cc(c%12c7c4c(c2c5%11)c8c%12%10)C9)C3C1c1cccs1)C6. The lowest BCUT2D eigenvalue weighted by atomic mass is 9.63. The molecule has 216 valence electrons. The highest BCUT2D eigenvalue weighted by atomic mass is 32.1. The minimum atomic E-state index is 0.00457. The number of likely N-dealkylation sites (tertiary alicyclic amines) is 1. The molecule has 12 aromatic rings. The summed E-state index contributed by atoms with van der Waals surface area (Å²) in [6, 6.07) is 15.8. The van der Waals surface area contributed by atoms with Gasteiger partial charge in [0, 0.05) is 22.8 Å². The molecule has 1 aliphatic heterocycles. The molecule has 1 aromatic heterocycles. The molecule has 48 heavy (non-hydrogen) atoms. The molecule has 0 radical (unpaired) electrons. The van der Waals surface area contributed by atoms with Crippen LogP contribution in [0.1, 0.15) is 61.3 Å². The van der Waals surface area contributed by atoms with E-state index in [4.69, 9.17) is 0 Å². The van der Waals surface area contributed by atoms with Crippen molar-refractivity contribution in [3.63, 3.8) is 0 Å². The first-order valence-electron chi connectivity index (χ1n) is 18.0. The van der Waals surface area contributed by atoms with Crippen molar-refractivity contribution in [3.8, 4) is 0 Å². The number of thiophene rings is 1. The van der Waals surface area contributed by atoms with Crippen LogP contribution in [0.5, 0.6) is 0 Å². The maximum absolute atomic E-state index is 2.86. The van der Waals surface area contributed by atoms with Gasteiger partial charge in [0.05, 0.1) is 6.04 Å². The van der Waals surface area contributed by atoms with Gasteiger partial charge in [0.15, 0.2) is 0 Å².